The van der Waals surface area contributed by atoms with Gasteiger partial charge in [0.15, 0.2) is 0 Å². The number of hydrogen-bond donors (Lipinski definition) is 1. The van der Waals surface area contributed by atoms with Gasteiger partial charge in [-0.25, -0.2) is 0 Å². The minimum atomic E-state index is -0.416. The second kappa shape index (κ2) is 7.02. The van der Waals surface area contributed by atoms with Gasteiger partial charge in [-0.15, -0.1) is 0 Å². The van der Waals surface area contributed by atoms with Gasteiger partial charge in [0.05, 0.1) is 9.95 Å². The first kappa shape index (κ1) is 15.2. The zero-order valence-electron chi connectivity index (χ0n) is 11.6. The lowest BCUT2D eigenvalue weighted by Crippen LogP contribution is -2.37. The molecule has 6 heteroatoms. The number of non-ortho nitro benzene ring substituents is 1. The van der Waals surface area contributed by atoms with Crippen molar-refractivity contribution >= 4 is 17.3 Å². The lowest BCUT2D eigenvalue weighted by atomic mass is 10.1. The monoisotopic (exact) mass is 297 g/mol. The van der Waals surface area contributed by atoms with E-state index in [9.17, 15) is 10.1 Å². The zero-order chi connectivity index (χ0) is 14.5. The molecule has 1 unspecified atom stereocenters. The third-order valence-electron chi connectivity index (χ3n) is 3.68. The van der Waals surface area contributed by atoms with Gasteiger partial charge in [-0.1, -0.05) is 18.5 Å². The molecule has 2 rings (SSSR count). The van der Waals surface area contributed by atoms with E-state index in [4.69, 9.17) is 11.6 Å². The van der Waals surface area contributed by atoms with Gasteiger partial charge < -0.3 is 5.32 Å². The second-order valence-electron chi connectivity index (χ2n) is 5.15. The van der Waals surface area contributed by atoms with Crippen LogP contribution < -0.4 is 5.32 Å². The summed E-state index contributed by atoms with van der Waals surface area (Å²) in [5.41, 5.74) is 1.00. The Morgan fingerprint density at radius 1 is 1.55 bits per heavy atom. The van der Waals surface area contributed by atoms with Crippen molar-refractivity contribution < 1.29 is 4.92 Å². The molecule has 1 N–H and O–H groups in total. The van der Waals surface area contributed by atoms with Crippen LogP contribution in [0.5, 0.6) is 0 Å². The van der Waals surface area contributed by atoms with Crippen LogP contribution in [0, 0.1) is 10.1 Å². The predicted octanol–water partition coefficient (Wildman–Crippen LogP) is 2.82. The van der Waals surface area contributed by atoms with E-state index >= 15 is 0 Å². The summed E-state index contributed by atoms with van der Waals surface area (Å²) in [5, 5.41) is 14.6. The molecule has 0 amide bonds. The molecule has 0 aromatic heterocycles. The molecule has 1 heterocycles. The molecule has 1 aromatic carbocycles. The van der Waals surface area contributed by atoms with Crippen LogP contribution in [0.3, 0.4) is 0 Å². The van der Waals surface area contributed by atoms with E-state index in [1.165, 1.54) is 12.1 Å². The SMILES string of the molecule is CCCN(Cc1ccc([N+](=O)[O-])cc1Cl)C1CCNC1. The Bertz CT molecular complexity index is 475. The van der Waals surface area contributed by atoms with Crippen LogP contribution in [0.1, 0.15) is 25.3 Å². The van der Waals surface area contributed by atoms with Gasteiger partial charge in [-0.05, 0) is 37.6 Å². The van der Waals surface area contributed by atoms with Crippen molar-refractivity contribution in [3.8, 4) is 0 Å². The average Bonchev–Trinajstić information content (AvgIpc) is 2.94. The first-order valence-electron chi connectivity index (χ1n) is 6.99. The molecule has 0 saturated carbocycles. The Morgan fingerprint density at radius 2 is 2.35 bits per heavy atom. The highest BCUT2D eigenvalue weighted by Crippen LogP contribution is 2.25. The molecular weight excluding hydrogens is 278 g/mol. The molecule has 0 radical (unpaired) electrons. The van der Waals surface area contributed by atoms with Crippen molar-refractivity contribution in [1.82, 2.24) is 10.2 Å². The van der Waals surface area contributed by atoms with E-state index in [1.54, 1.807) is 6.07 Å². The average molecular weight is 298 g/mol. The highest BCUT2D eigenvalue weighted by molar-refractivity contribution is 6.31. The van der Waals surface area contributed by atoms with Gasteiger partial charge in [0.2, 0.25) is 0 Å². The van der Waals surface area contributed by atoms with E-state index in [1.807, 2.05) is 0 Å². The number of nitrogens with one attached hydrogen (secondary N) is 1. The van der Waals surface area contributed by atoms with Gasteiger partial charge in [0, 0.05) is 31.3 Å². The van der Waals surface area contributed by atoms with Crippen molar-refractivity contribution in [3.63, 3.8) is 0 Å². The summed E-state index contributed by atoms with van der Waals surface area (Å²) in [7, 11) is 0. The number of nitrogens with zero attached hydrogens (tertiary/aromatic N) is 2. The van der Waals surface area contributed by atoms with E-state index in [0.29, 0.717) is 11.1 Å². The lowest BCUT2D eigenvalue weighted by Gasteiger charge is -2.28. The molecule has 20 heavy (non-hydrogen) atoms. The van der Waals surface area contributed by atoms with Crippen LogP contribution in [0.15, 0.2) is 18.2 Å². The maximum absolute atomic E-state index is 10.7. The molecule has 1 aromatic rings. The fourth-order valence-corrected chi connectivity index (χ4v) is 2.86. The summed E-state index contributed by atoms with van der Waals surface area (Å²) in [6.45, 7) is 5.98. The molecule has 5 nitrogen and oxygen atoms in total. The Morgan fingerprint density at radius 3 is 2.90 bits per heavy atom. The summed E-state index contributed by atoms with van der Waals surface area (Å²) < 4.78 is 0. The molecule has 1 aliphatic rings. The number of benzene rings is 1. The van der Waals surface area contributed by atoms with Crippen LogP contribution >= 0.6 is 11.6 Å². The van der Waals surface area contributed by atoms with Crippen LogP contribution in [0.25, 0.3) is 0 Å². The van der Waals surface area contributed by atoms with Crippen LogP contribution in [0.4, 0.5) is 5.69 Å². The molecule has 0 aliphatic carbocycles. The van der Waals surface area contributed by atoms with Crippen molar-refractivity contribution in [3.05, 3.63) is 38.9 Å². The topological polar surface area (TPSA) is 58.4 Å². The van der Waals surface area contributed by atoms with Crippen LogP contribution in [0.2, 0.25) is 5.02 Å². The molecule has 1 atom stereocenters. The third kappa shape index (κ3) is 3.69. The quantitative estimate of drug-likeness (QED) is 0.648. The van der Waals surface area contributed by atoms with E-state index in [2.05, 4.69) is 17.1 Å². The minimum Gasteiger partial charge on any atom is -0.315 e. The maximum Gasteiger partial charge on any atom is 0.270 e. The molecule has 0 spiro atoms. The summed E-state index contributed by atoms with van der Waals surface area (Å²) in [6.07, 6.45) is 2.23. The summed E-state index contributed by atoms with van der Waals surface area (Å²) in [5.74, 6) is 0. The first-order chi connectivity index (χ1) is 9.61. The van der Waals surface area contributed by atoms with Crippen LogP contribution in [-0.2, 0) is 6.54 Å². The molecule has 1 aliphatic heterocycles. The molecule has 110 valence electrons. The lowest BCUT2D eigenvalue weighted by molar-refractivity contribution is -0.384. The summed E-state index contributed by atoms with van der Waals surface area (Å²) in [4.78, 5) is 12.7. The fraction of sp³-hybridized carbons (Fsp3) is 0.571. The summed E-state index contributed by atoms with van der Waals surface area (Å²) in [6, 6.07) is 5.26. The van der Waals surface area contributed by atoms with Gasteiger partial charge in [-0.3, -0.25) is 15.0 Å². The Hall–Kier alpha value is -1.17. The number of halogens is 1. The van der Waals surface area contributed by atoms with Crippen molar-refractivity contribution in [2.24, 2.45) is 0 Å². The number of hydrogen-bond acceptors (Lipinski definition) is 4. The Kier molecular flexibility index (Phi) is 5.34. The van der Waals surface area contributed by atoms with Crippen LogP contribution in [-0.4, -0.2) is 35.5 Å². The van der Waals surface area contributed by atoms with Gasteiger partial charge in [-0.2, -0.15) is 0 Å². The van der Waals surface area contributed by atoms with E-state index in [-0.39, 0.29) is 5.69 Å². The van der Waals surface area contributed by atoms with Crippen molar-refractivity contribution in [2.45, 2.75) is 32.4 Å². The minimum absolute atomic E-state index is 0.0447. The van der Waals surface area contributed by atoms with Gasteiger partial charge in [0.25, 0.3) is 5.69 Å². The van der Waals surface area contributed by atoms with E-state index < -0.39 is 4.92 Å². The van der Waals surface area contributed by atoms with Gasteiger partial charge >= 0.3 is 0 Å². The second-order valence-corrected chi connectivity index (χ2v) is 5.56. The highest BCUT2D eigenvalue weighted by Gasteiger charge is 2.22. The number of nitro benzene ring substituents is 1. The normalized spacial score (nSPS) is 18.6. The Labute approximate surface area is 124 Å². The largest absolute Gasteiger partial charge is 0.315 e. The number of rotatable bonds is 6. The van der Waals surface area contributed by atoms with Crippen molar-refractivity contribution in [2.75, 3.05) is 19.6 Å². The molecular formula is C14H20ClN3O2. The third-order valence-corrected chi connectivity index (χ3v) is 4.03. The fourth-order valence-electron chi connectivity index (χ4n) is 2.63. The van der Waals surface area contributed by atoms with E-state index in [0.717, 1.165) is 44.6 Å². The first-order valence-corrected chi connectivity index (χ1v) is 7.37. The smallest absolute Gasteiger partial charge is 0.270 e. The maximum atomic E-state index is 10.7. The summed E-state index contributed by atoms with van der Waals surface area (Å²) >= 11 is 6.18. The van der Waals surface area contributed by atoms with Crippen molar-refractivity contribution in [1.29, 1.82) is 0 Å². The molecule has 1 saturated heterocycles. The predicted molar refractivity (Wildman–Crippen MR) is 80.1 cm³/mol. The zero-order valence-corrected chi connectivity index (χ0v) is 12.4. The number of nitro groups is 1. The highest BCUT2D eigenvalue weighted by atomic mass is 35.5. The molecule has 0 bridgehead atoms. The standard InChI is InChI=1S/C14H20ClN3O2/c1-2-7-17(13-5-6-16-9-13)10-11-3-4-12(18(19)20)8-14(11)15/h3-4,8,13,16H,2,5-7,9-10H2,1H3. The van der Waals surface area contributed by atoms with Gasteiger partial charge in [0.1, 0.15) is 0 Å². The Balaban J connectivity index is 2.11. The molecule has 1 fully saturated rings.